The van der Waals surface area contributed by atoms with Gasteiger partial charge in [-0.25, -0.2) is 4.79 Å². The van der Waals surface area contributed by atoms with E-state index in [4.69, 9.17) is 4.74 Å². The molecule has 0 aromatic heterocycles. The Balaban J connectivity index is 1.60. The fourth-order valence-corrected chi connectivity index (χ4v) is 9.12. The largest absolute Gasteiger partial charge is 0.457 e. The molecule has 9 atom stereocenters. The molecule has 2 N–H and O–H groups in total. The van der Waals surface area contributed by atoms with E-state index in [9.17, 15) is 20.5 Å². The zero-order valence-electron chi connectivity index (χ0n) is 20.3. The molecule has 0 aromatic carbocycles. The van der Waals surface area contributed by atoms with Gasteiger partial charge in [0.15, 0.2) is 5.60 Å². The van der Waals surface area contributed by atoms with Crippen LogP contribution in [0.25, 0.3) is 5.53 Å². The van der Waals surface area contributed by atoms with Crippen molar-refractivity contribution in [3.63, 3.8) is 0 Å². The number of esters is 1. The van der Waals surface area contributed by atoms with Crippen LogP contribution in [-0.2, 0) is 9.53 Å². The van der Waals surface area contributed by atoms with E-state index >= 15 is 0 Å². The first-order chi connectivity index (χ1) is 15.1. The van der Waals surface area contributed by atoms with E-state index in [-0.39, 0.29) is 24.2 Å². The van der Waals surface area contributed by atoms with Gasteiger partial charge in [0.05, 0.1) is 12.2 Å². The molecule has 4 aliphatic rings. The van der Waals surface area contributed by atoms with Crippen molar-refractivity contribution in [2.75, 3.05) is 6.61 Å². The molecule has 6 heteroatoms. The number of ether oxygens (including phenoxy) is 1. The normalized spacial score (nSPS) is 47.6. The van der Waals surface area contributed by atoms with E-state index < -0.39 is 22.6 Å². The van der Waals surface area contributed by atoms with Crippen molar-refractivity contribution in [3.8, 4) is 0 Å². The molecular formula is C26H42N2O4. The van der Waals surface area contributed by atoms with Gasteiger partial charge in [0.1, 0.15) is 0 Å². The Morgan fingerprint density at radius 2 is 1.78 bits per heavy atom. The Bertz CT molecular complexity index is 795. The number of fused-ring (bicyclic) bond motifs is 5. The van der Waals surface area contributed by atoms with Gasteiger partial charge in [0.2, 0.25) is 0 Å². The van der Waals surface area contributed by atoms with Gasteiger partial charge < -0.3 is 20.5 Å². The van der Waals surface area contributed by atoms with Crippen LogP contribution in [0.1, 0.15) is 91.9 Å². The molecular weight excluding hydrogens is 404 g/mol. The topological polar surface area (TPSA) is 103 Å². The minimum Gasteiger partial charge on any atom is -0.457 e. The molecule has 4 saturated carbocycles. The Hall–Kier alpha value is -1.23. The Labute approximate surface area is 192 Å². The lowest BCUT2D eigenvalue weighted by Gasteiger charge is -2.58. The molecule has 0 saturated heterocycles. The smallest absolute Gasteiger partial charge is 0.420 e. The number of nitrogens with zero attached hydrogens (tertiary/aromatic N) is 2. The summed E-state index contributed by atoms with van der Waals surface area (Å²) in [6, 6.07) is 0. The number of rotatable bonds is 5. The van der Waals surface area contributed by atoms with Gasteiger partial charge >= 0.3 is 11.7 Å². The Kier molecular flexibility index (Phi) is 6.37. The van der Waals surface area contributed by atoms with Crippen LogP contribution in [-0.4, -0.2) is 44.5 Å². The zero-order chi connectivity index (χ0) is 23.3. The number of aliphatic hydroxyl groups is 2. The van der Waals surface area contributed by atoms with Crippen molar-refractivity contribution >= 4 is 11.7 Å². The third-order valence-electron chi connectivity index (χ3n) is 10.2. The summed E-state index contributed by atoms with van der Waals surface area (Å²) in [5, 5.41) is 23.0. The van der Waals surface area contributed by atoms with E-state index in [1.807, 2.05) is 0 Å². The Morgan fingerprint density at radius 3 is 2.44 bits per heavy atom. The van der Waals surface area contributed by atoms with Crippen LogP contribution in [0.5, 0.6) is 0 Å². The molecule has 0 aliphatic heterocycles. The highest BCUT2D eigenvalue weighted by Gasteiger charge is 2.71. The summed E-state index contributed by atoms with van der Waals surface area (Å²) >= 11 is 0. The first-order valence-corrected chi connectivity index (χ1v) is 13.0. The predicted molar refractivity (Wildman–Crippen MR) is 122 cm³/mol. The number of hydrogen-bond acceptors (Lipinski definition) is 4. The van der Waals surface area contributed by atoms with Crippen LogP contribution < -0.4 is 0 Å². The number of carbonyl (C=O) groups excluding carboxylic acids is 1. The molecule has 4 fully saturated rings. The molecule has 0 spiro atoms. The highest BCUT2D eigenvalue weighted by Crippen LogP contribution is 2.67. The van der Waals surface area contributed by atoms with Gasteiger partial charge in [0, 0.05) is 5.41 Å². The third kappa shape index (κ3) is 3.49. The number of carbonyl (C=O) groups is 1. The molecule has 4 aliphatic carbocycles. The molecule has 0 amide bonds. The summed E-state index contributed by atoms with van der Waals surface area (Å²) < 4.78 is 5.14. The average Bonchev–Trinajstić information content (AvgIpc) is 2.94. The standard InChI is InChI=1S/C26H42N2O4/c1-5-11-25(30)13-10-18-17(15-25)7-8-20-19(18)9-12-24(4)21(20)16(3)14-26(24,31)22(28-27)23(29)32-6-2/h16-21,30-31H,5-15H2,1-4H3/t16-,17-,18+,19-,20-,21+,24+,25-,26?/m1/s1. The van der Waals surface area contributed by atoms with Gasteiger partial charge in [-0.2, -0.15) is 4.79 Å². The highest BCUT2D eigenvalue weighted by molar-refractivity contribution is 6.37. The highest BCUT2D eigenvalue weighted by atomic mass is 16.5. The fraction of sp³-hybridized carbons (Fsp3) is 0.923. The molecule has 0 aromatic rings. The van der Waals surface area contributed by atoms with Crippen LogP contribution >= 0.6 is 0 Å². The van der Waals surface area contributed by atoms with E-state index in [1.54, 1.807) is 6.92 Å². The van der Waals surface area contributed by atoms with Crippen LogP contribution in [0.4, 0.5) is 0 Å². The lowest BCUT2D eigenvalue weighted by atomic mass is 9.47. The molecule has 0 bridgehead atoms. The lowest BCUT2D eigenvalue weighted by molar-refractivity contribution is -0.154. The van der Waals surface area contributed by atoms with Gasteiger partial charge in [-0.3, -0.25) is 0 Å². The maximum Gasteiger partial charge on any atom is 0.420 e. The summed E-state index contributed by atoms with van der Waals surface area (Å²) in [4.78, 5) is 15.9. The first-order valence-electron chi connectivity index (χ1n) is 13.0. The van der Waals surface area contributed by atoms with Crippen LogP contribution in [0.3, 0.4) is 0 Å². The fourth-order valence-electron chi connectivity index (χ4n) is 9.12. The van der Waals surface area contributed by atoms with Crippen LogP contribution in [0.2, 0.25) is 0 Å². The number of hydrogen-bond donors (Lipinski definition) is 2. The predicted octanol–water partition coefficient (Wildman–Crippen LogP) is 4.38. The summed E-state index contributed by atoms with van der Waals surface area (Å²) in [7, 11) is 0. The minimum absolute atomic E-state index is 0.182. The van der Waals surface area contributed by atoms with Crippen molar-refractivity contribution in [2.24, 2.45) is 40.9 Å². The first kappa shape index (κ1) is 23.9. The van der Waals surface area contributed by atoms with Crippen molar-refractivity contribution in [3.05, 3.63) is 5.53 Å². The molecule has 0 radical (unpaired) electrons. The second-order valence-corrected chi connectivity index (χ2v) is 11.7. The third-order valence-corrected chi connectivity index (χ3v) is 10.2. The van der Waals surface area contributed by atoms with E-state index in [2.05, 4.69) is 25.6 Å². The summed E-state index contributed by atoms with van der Waals surface area (Å²) in [6.45, 7) is 8.35. The maximum absolute atomic E-state index is 12.6. The van der Waals surface area contributed by atoms with Gasteiger partial charge in [-0.15, -0.1) is 0 Å². The average molecular weight is 447 g/mol. The quantitative estimate of drug-likeness (QED) is 0.283. The molecule has 0 heterocycles. The summed E-state index contributed by atoms with van der Waals surface area (Å²) in [6.07, 6.45) is 9.46. The molecule has 6 nitrogen and oxygen atoms in total. The summed E-state index contributed by atoms with van der Waals surface area (Å²) in [5.74, 6) is 2.22. The minimum atomic E-state index is -1.46. The van der Waals surface area contributed by atoms with E-state index in [1.165, 1.54) is 0 Å². The lowest BCUT2D eigenvalue weighted by Crippen LogP contribution is -2.59. The van der Waals surface area contributed by atoms with Crippen molar-refractivity contribution in [1.29, 1.82) is 0 Å². The van der Waals surface area contributed by atoms with Gasteiger partial charge in [-0.1, -0.05) is 27.2 Å². The van der Waals surface area contributed by atoms with Gasteiger partial charge in [-0.05, 0) is 100 Å². The SMILES string of the molecule is CCC[C@@]1(O)CC[C@H]2[C@H](CC[C@@H]3[C@@H]2CC[C@@]2(C)[C@H]3[C@H](C)CC2(O)C(=[N+]=[N-])C(=O)OCC)C1. The molecule has 4 rings (SSSR count). The van der Waals surface area contributed by atoms with Crippen molar-refractivity contribution in [2.45, 2.75) is 103 Å². The summed E-state index contributed by atoms with van der Waals surface area (Å²) in [5.41, 5.74) is 7.06. The van der Waals surface area contributed by atoms with Crippen LogP contribution in [0, 0.1) is 40.9 Å². The van der Waals surface area contributed by atoms with Crippen LogP contribution in [0.15, 0.2) is 0 Å². The second kappa shape index (κ2) is 8.52. The molecule has 1 unspecified atom stereocenters. The molecule has 180 valence electrons. The van der Waals surface area contributed by atoms with Gasteiger partial charge in [0.25, 0.3) is 0 Å². The van der Waals surface area contributed by atoms with Crippen molar-refractivity contribution in [1.82, 2.24) is 0 Å². The zero-order valence-corrected chi connectivity index (χ0v) is 20.3. The molecule has 32 heavy (non-hydrogen) atoms. The maximum atomic E-state index is 12.6. The monoisotopic (exact) mass is 446 g/mol. The second-order valence-electron chi connectivity index (χ2n) is 11.7. The van der Waals surface area contributed by atoms with E-state index in [0.29, 0.717) is 30.1 Å². The Morgan fingerprint density at radius 1 is 1.06 bits per heavy atom. The van der Waals surface area contributed by atoms with Crippen molar-refractivity contribution < 1.29 is 24.5 Å². The van der Waals surface area contributed by atoms with E-state index in [0.717, 1.165) is 57.8 Å².